The number of hydrogen-bond acceptors (Lipinski definition) is 5. The summed E-state index contributed by atoms with van der Waals surface area (Å²) in [6, 6.07) is 3.66. The van der Waals surface area contributed by atoms with Gasteiger partial charge in [0, 0.05) is 18.9 Å². The minimum atomic E-state index is -0.512. The number of carbonyl (C=O) groups is 2. The molecule has 168 valence electrons. The summed E-state index contributed by atoms with van der Waals surface area (Å²) >= 11 is 0. The third-order valence-electron chi connectivity index (χ3n) is 4.59. The van der Waals surface area contributed by atoms with Crippen molar-refractivity contribution in [2.24, 2.45) is 0 Å². The molecule has 0 fully saturated rings. The van der Waals surface area contributed by atoms with E-state index in [0.29, 0.717) is 6.42 Å². The van der Waals surface area contributed by atoms with E-state index < -0.39 is 11.8 Å². The zero-order chi connectivity index (χ0) is 22.0. The topological polar surface area (TPSA) is 61.8 Å². The second kappa shape index (κ2) is 16.4. The Morgan fingerprint density at radius 3 is 2.33 bits per heavy atom. The van der Waals surface area contributed by atoms with Crippen molar-refractivity contribution in [1.29, 1.82) is 0 Å². The van der Waals surface area contributed by atoms with Gasteiger partial charge in [-0.05, 0) is 31.4 Å². The lowest BCUT2D eigenvalue weighted by Crippen LogP contribution is -2.10. The maximum atomic E-state index is 13.1. The molecule has 1 aromatic carbocycles. The molecule has 0 aliphatic carbocycles. The lowest BCUT2D eigenvalue weighted by Gasteiger charge is -2.09. The highest BCUT2D eigenvalue weighted by atomic mass is 19.1. The molecule has 0 N–H and O–H groups in total. The average Bonchev–Trinajstić information content (AvgIpc) is 2.73. The fourth-order valence-electron chi connectivity index (χ4n) is 2.89. The number of esters is 2. The molecule has 5 nitrogen and oxygen atoms in total. The van der Waals surface area contributed by atoms with E-state index in [2.05, 4.69) is 6.92 Å². The van der Waals surface area contributed by atoms with Crippen molar-refractivity contribution in [2.75, 3.05) is 13.7 Å². The molecule has 0 aliphatic rings. The molecule has 30 heavy (non-hydrogen) atoms. The van der Waals surface area contributed by atoms with E-state index in [1.807, 2.05) is 12.2 Å². The van der Waals surface area contributed by atoms with Crippen LogP contribution in [0.15, 0.2) is 30.4 Å². The third-order valence-corrected chi connectivity index (χ3v) is 4.59. The Labute approximate surface area is 179 Å². The van der Waals surface area contributed by atoms with Gasteiger partial charge in [-0.2, -0.15) is 0 Å². The molecule has 0 bridgehead atoms. The first-order chi connectivity index (χ1) is 14.6. The molecule has 0 radical (unpaired) electrons. The summed E-state index contributed by atoms with van der Waals surface area (Å²) in [6.45, 7) is 2.48. The number of carbonyl (C=O) groups excluding carboxylic acids is 2. The van der Waals surface area contributed by atoms with E-state index in [0.717, 1.165) is 18.9 Å². The van der Waals surface area contributed by atoms with Crippen LogP contribution < -0.4 is 9.47 Å². The Balaban J connectivity index is 2.07. The van der Waals surface area contributed by atoms with Crippen LogP contribution in [0, 0.1) is 5.82 Å². The second-order valence-corrected chi connectivity index (χ2v) is 7.19. The number of ether oxygens (including phenoxy) is 3. The molecule has 0 heterocycles. The standard InChI is InChI=1S/C24H35FO5/c1-3-4-5-6-7-8-9-10-11-12-18-29-23(26)14-13-15-24(27)30-21-17-16-20(25)19-22(21)28-2/h11-12,16-17,19H,3-10,13-15,18H2,1-2H3/b12-11+. The van der Waals surface area contributed by atoms with Crippen LogP contribution in [0.4, 0.5) is 4.39 Å². The highest BCUT2D eigenvalue weighted by molar-refractivity contribution is 5.74. The first kappa shape index (κ1) is 25.7. The summed E-state index contributed by atoms with van der Waals surface area (Å²) in [6.07, 6.45) is 14.4. The van der Waals surface area contributed by atoms with Crippen molar-refractivity contribution >= 4 is 11.9 Å². The summed E-state index contributed by atoms with van der Waals surface area (Å²) in [5, 5.41) is 0. The molecule has 0 atom stereocenters. The van der Waals surface area contributed by atoms with Crippen molar-refractivity contribution in [2.45, 2.75) is 77.6 Å². The Morgan fingerprint density at radius 1 is 0.900 bits per heavy atom. The van der Waals surface area contributed by atoms with E-state index in [4.69, 9.17) is 14.2 Å². The highest BCUT2D eigenvalue weighted by Gasteiger charge is 2.12. The van der Waals surface area contributed by atoms with Gasteiger partial charge in [-0.3, -0.25) is 9.59 Å². The van der Waals surface area contributed by atoms with Crippen LogP contribution in [0.25, 0.3) is 0 Å². The molecule has 0 unspecified atom stereocenters. The van der Waals surface area contributed by atoms with E-state index in [1.54, 1.807) is 0 Å². The van der Waals surface area contributed by atoms with Crippen LogP contribution in [0.3, 0.4) is 0 Å². The number of methoxy groups -OCH3 is 1. The molecule has 0 amide bonds. The minimum Gasteiger partial charge on any atom is -0.493 e. The van der Waals surface area contributed by atoms with Crippen LogP contribution in [-0.4, -0.2) is 25.7 Å². The maximum Gasteiger partial charge on any atom is 0.311 e. The second-order valence-electron chi connectivity index (χ2n) is 7.19. The summed E-state index contributed by atoms with van der Waals surface area (Å²) in [5.74, 6) is -1.04. The minimum absolute atomic E-state index is 0.0593. The number of halogens is 1. The van der Waals surface area contributed by atoms with Gasteiger partial charge in [0.25, 0.3) is 0 Å². The molecule has 0 aliphatic heterocycles. The zero-order valence-corrected chi connectivity index (χ0v) is 18.3. The first-order valence-electron chi connectivity index (χ1n) is 10.9. The van der Waals surface area contributed by atoms with Crippen LogP contribution in [0.5, 0.6) is 11.5 Å². The molecule has 0 spiro atoms. The van der Waals surface area contributed by atoms with Gasteiger partial charge in [-0.15, -0.1) is 0 Å². The Morgan fingerprint density at radius 2 is 1.60 bits per heavy atom. The SMILES string of the molecule is CCCCCCCCC/C=C/COC(=O)CCCC(=O)Oc1ccc(F)cc1OC. The number of unbranched alkanes of at least 4 members (excludes halogenated alkanes) is 7. The van der Waals surface area contributed by atoms with Crippen LogP contribution in [0.1, 0.15) is 77.6 Å². The van der Waals surface area contributed by atoms with Gasteiger partial charge in [-0.25, -0.2) is 4.39 Å². The van der Waals surface area contributed by atoms with Gasteiger partial charge in [0.2, 0.25) is 0 Å². The predicted octanol–water partition coefficient (Wildman–Crippen LogP) is 6.15. The number of hydrogen-bond donors (Lipinski definition) is 0. The molecule has 1 rings (SSSR count). The van der Waals surface area contributed by atoms with E-state index in [1.165, 1.54) is 57.8 Å². The molecule has 1 aromatic rings. The molecular weight excluding hydrogens is 387 g/mol. The Hall–Kier alpha value is -2.37. The summed E-state index contributed by atoms with van der Waals surface area (Å²) < 4.78 is 28.4. The van der Waals surface area contributed by atoms with Gasteiger partial charge in [-0.1, -0.05) is 57.6 Å². The largest absolute Gasteiger partial charge is 0.493 e. The fraction of sp³-hybridized carbons (Fsp3) is 0.583. The maximum absolute atomic E-state index is 13.1. The lowest BCUT2D eigenvalue weighted by atomic mass is 10.1. The Kier molecular flexibility index (Phi) is 14.1. The molecule has 0 aromatic heterocycles. The first-order valence-corrected chi connectivity index (χ1v) is 10.9. The van der Waals surface area contributed by atoms with Gasteiger partial charge >= 0.3 is 11.9 Å². The smallest absolute Gasteiger partial charge is 0.311 e. The highest BCUT2D eigenvalue weighted by Crippen LogP contribution is 2.27. The van der Waals surface area contributed by atoms with Crippen molar-refractivity contribution in [3.63, 3.8) is 0 Å². The van der Waals surface area contributed by atoms with Gasteiger partial charge in [0.1, 0.15) is 12.4 Å². The molecule has 0 saturated carbocycles. The van der Waals surface area contributed by atoms with E-state index >= 15 is 0 Å². The average molecular weight is 423 g/mol. The van der Waals surface area contributed by atoms with Gasteiger partial charge in [0.15, 0.2) is 11.5 Å². The normalized spacial score (nSPS) is 10.9. The monoisotopic (exact) mass is 422 g/mol. The van der Waals surface area contributed by atoms with Gasteiger partial charge < -0.3 is 14.2 Å². The third kappa shape index (κ3) is 12.2. The van der Waals surface area contributed by atoms with E-state index in [-0.39, 0.29) is 36.9 Å². The van der Waals surface area contributed by atoms with Crippen molar-refractivity contribution in [3.8, 4) is 11.5 Å². The van der Waals surface area contributed by atoms with Gasteiger partial charge in [0.05, 0.1) is 7.11 Å². The summed E-state index contributed by atoms with van der Waals surface area (Å²) in [5.41, 5.74) is 0. The van der Waals surface area contributed by atoms with E-state index in [9.17, 15) is 14.0 Å². The van der Waals surface area contributed by atoms with Crippen LogP contribution >= 0.6 is 0 Å². The zero-order valence-electron chi connectivity index (χ0n) is 18.3. The quantitative estimate of drug-likeness (QED) is 0.138. The molecular formula is C24H35FO5. The van der Waals surface area contributed by atoms with Crippen molar-refractivity contribution in [1.82, 2.24) is 0 Å². The van der Waals surface area contributed by atoms with Crippen LogP contribution in [0.2, 0.25) is 0 Å². The molecule has 0 saturated heterocycles. The number of benzene rings is 1. The molecule has 6 heteroatoms. The summed E-state index contributed by atoms with van der Waals surface area (Å²) in [7, 11) is 1.37. The van der Waals surface area contributed by atoms with Crippen LogP contribution in [-0.2, 0) is 14.3 Å². The number of rotatable bonds is 16. The van der Waals surface area contributed by atoms with Crippen molar-refractivity contribution in [3.05, 3.63) is 36.2 Å². The fourth-order valence-corrected chi connectivity index (χ4v) is 2.89. The predicted molar refractivity (Wildman–Crippen MR) is 115 cm³/mol. The Bertz CT molecular complexity index is 657. The number of allylic oxidation sites excluding steroid dienone is 1. The lowest BCUT2D eigenvalue weighted by molar-refractivity contribution is -0.142. The van der Waals surface area contributed by atoms with Crippen molar-refractivity contribution < 1.29 is 28.2 Å². The summed E-state index contributed by atoms with van der Waals surface area (Å²) in [4.78, 5) is 23.6.